The van der Waals surface area contributed by atoms with Crippen molar-refractivity contribution in [2.24, 2.45) is 4.99 Å². The molecule has 1 saturated heterocycles. The maximum Gasteiger partial charge on any atom is 0.403 e. The normalized spacial score (nSPS) is 19.6. The SMILES string of the molecule is CCNC(=NCc1nnc2n1CCC2)N1CCN(C(C)C(F)(F)F)CC1.I. The van der Waals surface area contributed by atoms with Crippen molar-refractivity contribution in [2.45, 2.75) is 52.0 Å². The maximum absolute atomic E-state index is 12.9. The largest absolute Gasteiger partial charge is 0.403 e. The van der Waals surface area contributed by atoms with Crippen molar-refractivity contribution in [1.82, 2.24) is 29.9 Å². The van der Waals surface area contributed by atoms with Crippen molar-refractivity contribution >= 4 is 29.9 Å². The molecule has 1 N–H and O–H groups in total. The highest BCUT2D eigenvalue weighted by molar-refractivity contribution is 14.0. The van der Waals surface area contributed by atoms with Gasteiger partial charge in [0.1, 0.15) is 18.4 Å². The van der Waals surface area contributed by atoms with Crippen molar-refractivity contribution in [2.75, 3.05) is 32.7 Å². The number of hydrogen-bond acceptors (Lipinski definition) is 4. The molecule has 2 aliphatic rings. The fourth-order valence-corrected chi connectivity index (χ4v) is 3.43. The fourth-order valence-electron chi connectivity index (χ4n) is 3.43. The lowest BCUT2D eigenvalue weighted by Crippen LogP contribution is -2.56. The van der Waals surface area contributed by atoms with E-state index in [1.165, 1.54) is 11.8 Å². The number of guanidine groups is 1. The number of alkyl halides is 3. The molecule has 1 atom stereocenters. The molecule has 0 bridgehead atoms. The number of piperazine rings is 1. The van der Waals surface area contributed by atoms with E-state index in [1.807, 2.05) is 11.8 Å². The van der Waals surface area contributed by atoms with Gasteiger partial charge in [-0.3, -0.25) is 4.90 Å². The van der Waals surface area contributed by atoms with Crippen LogP contribution in [0.15, 0.2) is 4.99 Å². The van der Waals surface area contributed by atoms with Crippen LogP contribution in [-0.2, 0) is 19.5 Å². The van der Waals surface area contributed by atoms with Crippen LogP contribution in [0.3, 0.4) is 0 Å². The molecule has 2 aliphatic heterocycles. The zero-order chi connectivity index (χ0) is 18.7. The van der Waals surface area contributed by atoms with Gasteiger partial charge in [-0.15, -0.1) is 34.2 Å². The van der Waals surface area contributed by atoms with E-state index in [4.69, 9.17) is 0 Å². The number of rotatable bonds is 4. The molecule has 1 fully saturated rings. The molecule has 27 heavy (non-hydrogen) atoms. The van der Waals surface area contributed by atoms with Crippen LogP contribution in [0.4, 0.5) is 13.2 Å². The monoisotopic (exact) mass is 501 g/mol. The molecule has 3 rings (SSSR count). The molecule has 0 aromatic carbocycles. The molecular formula is C16H27F3IN7. The molecule has 1 aromatic rings. The van der Waals surface area contributed by atoms with Crippen LogP contribution in [0.2, 0.25) is 0 Å². The second kappa shape index (κ2) is 9.39. The van der Waals surface area contributed by atoms with Crippen LogP contribution >= 0.6 is 24.0 Å². The molecule has 11 heteroatoms. The topological polar surface area (TPSA) is 61.6 Å². The summed E-state index contributed by atoms with van der Waals surface area (Å²) in [6, 6.07) is -1.41. The van der Waals surface area contributed by atoms with E-state index in [-0.39, 0.29) is 24.0 Å². The summed E-state index contributed by atoms with van der Waals surface area (Å²) in [7, 11) is 0. The van der Waals surface area contributed by atoms with Gasteiger partial charge in [0, 0.05) is 45.7 Å². The van der Waals surface area contributed by atoms with Gasteiger partial charge in [-0.2, -0.15) is 13.2 Å². The predicted molar refractivity (Wildman–Crippen MR) is 107 cm³/mol. The molecular weight excluding hydrogens is 474 g/mol. The lowest BCUT2D eigenvalue weighted by molar-refractivity contribution is -0.181. The second-order valence-electron chi connectivity index (χ2n) is 6.70. The molecule has 1 aromatic heterocycles. The lowest BCUT2D eigenvalue weighted by Gasteiger charge is -2.39. The Balaban J connectivity index is 0.00000261. The van der Waals surface area contributed by atoms with Crippen molar-refractivity contribution in [3.05, 3.63) is 11.6 Å². The zero-order valence-corrected chi connectivity index (χ0v) is 18.0. The van der Waals surface area contributed by atoms with E-state index in [0.29, 0.717) is 39.3 Å². The fraction of sp³-hybridized carbons (Fsp3) is 0.812. The second-order valence-corrected chi connectivity index (χ2v) is 6.70. The highest BCUT2D eigenvalue weighted by atomic mass is 127. The first-order valence-electron chi connectivity index (χ1n) is 9.15. The Morgan fingerprint density at radius 1 is 1.19 bits per heavy atom. The average Bonchev–Trinajstić information content (AvgIpc) is 3.21. The summed E-state index contributed by atoms with van der Waals surface area (Å²) in [6.07, 6.45) is -2.15. The molecule has 0 radical (unpaired) electrons. The standard InChI is InChI=1S/C16H26F3N7.HI/c1-3-20-15(21-11-14-23-22-13-5-4-6-26(13)14)25-9-7-24(8-10-25)12(2)16(17,18)19;/h12H,3-11H2,1-2H3,(H,20,21);1H. The Hall–Kier alpha value is -1.11. The van der Waals surface area contributed by atoms with Crippen LogP contribution in [0.5, 0.6) is 0 Å². The molecule has 0 spiro atoms. The van der Waals surface area contributed by atoms with Crippen LogP contribution in [0.1, 0.15) is 31.9 Å². The molecule has 0 aliphatic carbocycles. The number of nitrogens with one attached hydrogen (secondary N) is 1. The Kier molecular flexibility index (Phi) is 7.72. The first-order valence-corrected chi connectivity index (χ1v) is 9.15. The van der Waals surface area contributed by atoms with Crippen LogP contribution in [-0.4, -0.2) is 75.5 Å². The number of aromatic nitrogens is 3. The minimum atomic E-state index is -4.19. The molecule has 1 unspecified atom stereocenters. The third-order valence-corrected chi connectivity index (χ3v) is 5.03. The molecule has 0 saturated carbocycles. The van der Waals surface area contributed by atoms with Crippen LogP contribution in [0, 0.1) is 0 Å². The molecule has 0 amide bonds. The van der Waals surface area contributed by atoms with E-state index in [9.17, 15) is 13.2 Å². The minimum Gasteiger partial charge on any atom is -0.357 e. The first-order chi connectivity index (χ1) is 12.4. The van der Waals surface area contributed by atoms with Gasteiger partial charge in [-0.05, 0) is 20.3 Å². The molecule has 154 valence electrons. The van der Waals surface area contributed by atoms with Crippen molar-refractivity contribution in [1.29, 1.82) is 0 Å². The van der Waals surface area contributed by atoms with Gasteiger partial charge in [0.15, 0.2) is 11.8 Å². The number of nitrogens with zero attached hydrogens (tertiary/aromatic N) is 6. The van der Waals surface area contributed by atoms with E-state index in [1.54, 1.807) is 0 Å². The highest BCUT2D eigenvalue weighted by Crippen LogP contribution is 2.25. The minimum absolute atomic E-state index is 0. The summed E-state index contributed by atoms with van der Waals surface area (Å²) in [5.74, 6) is 2.58. The maximum atomic E-state index is 12.9. The van der Waals surface area contributed by atoms with Gasteiger partial charge >= 0.3 is 6.18 Å². The van der Waals surface area contributed by atoms with Crippen molar-refractivity contribution < 1.29 is 13.2 Å². The summed E-state index contributed by atoms with van der Waals surface area (Å²) < 4.78 is 40.8. The Morgan fingerprint density at radius 2 is 1.89 bits per heavy atom. The third-order valence-electron chi connectivity index (χ3n) is 5.03. The average molecular weight is 501 g/mol. The highest BCUT2D eigenvalue weighted by Gasteiger charge is 2.41. The summed E-state index contributed by atoms with van der Waals surface area (Å²) in [6.45, 7) is 7.03. The predicted octanol–water partition coefficient (Wildman–Crippen LogP) is 1.88. The summed E-state index contributed by atoms with van der Waals surface area (Å²) >= 11 is 0. The van der Waals surface area contributed by atoms with E-state index in [2.05, 4.69) is 25.1 Å². The molecule has 3 heterocycles. The number of aryl methyl sites for hydroxylation is 1. The van der Waals surface area contributed by atoms with Crippen LogP contribution in [0.25, 0.3) is 0 Å². The number of aliphatic imine (C=N–C) groups is 1. The summed E-state index contributed by atoms with van der Waals surface area (Å²) in [5, 5.41) is 11.6. The quantitative estimate of drug-likeness (QED) is 0.388. The Morgan fingerprint density at radius 3 is 2.52 bits per heavy atom. The lowest BCUT2D eigenvalue weighted by atomic mass is 10.2. The number of halogens is 4. The summed E-state index contributed by atoms with van der Waals surface area (Å²) in [4.78, 5) is 8.14. The van der Waals surface area contributed by atoms with Crippen molar-refractivity contribution in [3.8, 4) is 0 Å². The van der Waals surface area contributed by atoms with E-state index in [0.717, 1.165) is 37.0 Å². The van der Waals surface area contributed by atoms with Crippen molar-refractivity contribution in [3.63, 3.8) is 0 Å². The number of fused-ring (bicyclic) bond motifs is 1. The Labute approximate surface area is 174 Å². The van der Waals surface area contributed by atoms with Crippen LogP contribution < -0.4 is 5.32 Å². The first kappa shape index (κ1) is 22.2. The van der Waals surface area contributed by atoms with Gasteiger partial charge in [-0.1, -0.05) is 0 Å². The van der Waals surface area contributed by atoms with E-state index < -0.39 is 12.2 Å². The van der Waals surface area contributed by atoms with E-state index >= 15 is 0 Å². The number of hydrogen-bond donors (Lipinski definition) is 1. The smallest absolute Gasteiger partial charge is 0.357 e. The van der Waals surface area contributed by atoms with Gasteiger partial charge in [0.05, 0.1) is 0 Å². The van der Waals surface area contributed by atoms with Gasteiger partial charge in [0.2, 0.25) is 0 Å². The Bertz CT molecular complexity index is 638. The summed E-state index contributed by atoms with van der Waals surface area (Å²) in [5.41, 5.74) is 0. The molecule has 7 nitrogen and oxygen atoms in total. The zero-order valence-electron chi connectivity index (χ0n) is 15.7. The van der Waals surface area contributed by atoms with Gasteiger partial charge in [0.25, 0.3) is 0 Å². The van der Waals surface area contributed by atoms with Gasteiger partial charge in [-0.25, -0.2) is 4.99 Å². The van der Waals surface area contributed by atoms with Gasteiger partial charge < -0.3 is 14.8 Å². The third kappa shape index (κ3) is 5.24.